The van der Waals surface area contributed by atoms with Crippen LogP contribution in [0, 0.1) is 0 Å². The maximum atomic E-state index is 10.9. The van der Waals surface area contributed by atoms with E-state index in [0.29, 0.717) is 11.6 Å². The summed E-state index contributed by atoms with van der Waals surface area (Å²) in [7, 11) is 0. The number of benzene rings is 1. The van der Waals surface area contributed by atoms with Crippen LogP contribution in [0.2, 0.25) is 5.02 Å². The molecule has 0 amide bonds. The monoisotopic (exact) mass is 315 g/mol. The average Bonchev–Trinajstić information content (AvgIpc) is 2.42. The van der Waals surface area contributed by atoms with Crippen LogP contribution in [0.25, 0.3) is 0 Å². The lowest BCUT2D eigenvalue weighted by molar-refractivity contribution is -0.138. The van der Waals surface area contributed by atoms with E-state index in [4.69, 9.17) is 21.4 Å². The molecule has 1 unspecified atom stereocenters. The Labute approximate surface area is 128 Å². The predicted molar refractivity (Wildman–Crippen MR) is 81.9 cm³/mol. The molecule has 0 aromatic heterocycles. The maximum absolute atomic E-state index is 10.9. The number of aliphatic carboxylic acids is 1. The van der Waals surface area contributed by atoms with Gasteiger partial charge in [0.25, 0.3) is 0 Å². The van der Waals surface area contributed by atoms with E-state index in [1.807, 2.05) is 23.9 Å². The molecule has 1 aromatic rings. The molecule has 4 nitrogen and oxygen atoms in total. The minimum absolute atomic E-state index is 0.111. The first-order chi connectivity index (χ1) is 9.65. The van der Waals surface area contributed by atoms with Gasteiger partial charge in [0.05, 0.1) is 6.42 Å². The van der Waals surface area contributed by atoms with E-state index >= 15 is 0 Å². The summed E-state index contributed by atoms with van der Waals surface area (Å²) in [6.07, 6.45) is 0.202. The van der Waals surface area contributed by atoms with Crippen molar-refractivity contribution in [3.63, 3.8) is 0 Å². The lowest BCUT2D eigenvalue weighted by atomic mass is 10.2. The third-order valence-corrected chi connectivity index (χ3v) is 4.56. The van der Waals surface area contributed by atoms with Crippen molar-refractivity contribution in [2.75, 3.05) is 31.2 Å². The lowest BCUT2D eigenvalue weighted by Gasteiger charge is -2.34. The molecule has 0 saturated carbocycles. The van der Waals surface area contributed by atoms with Crippen molar-refractivity contribution in [3.05, 3.63) is 29.3 Å². The molecule has 6 heteroatoms. The second-order valence-corrected chi connectivity index (χ2v) is 6.25. The molecular weight excluding hydrogens is 298 g/mol. The minimum atomic E-state index is -0.735. The van der Waals surface area contributed by atoms with Gasteiger partial charge in [-0.05, 0) is 24.3 Å². The number of rotatable bonds is 6. The number of hydrogen-bond acceptors (Lipinski definition) is 4. The third kappa shape index (κ3) is 4.89. The van der Waals surface area contributed by atoms with Crippen LogP contribution in [0.1, 0.15) is 6.42 Å². The highest BCUT2D eigenvalue weighted by molar-refractivity contribution is 7.99. The van der Waals surface area contributed by atoms with Crippen molar-refractivity contribution >= 4 is 29.3 Å². The maximum Gasteiger partial charge on any atom is 0.304 e. The molecule has 1 fully saturated rings. The zero-order valence-electron chi connectivity index (χ0n) is 11.1. The van der Waals surface area contributed by atoms with Crippen molar-refractivity contribution in [3.8, 4) is 5.75 Å². The first-order valence-corrected chi connectivity index (χ1v) is 8.10. The number of ether oxygens (including phenoxy) is 1. The molecule has 2 rings (SSSR count). The lowest BCUT2D eigenvalue weighted by Crippen LogP contribution is -2.45. The Morgan fingerprint density at radius 1 is 1.45 bits per heavy atom. The summed E-state index contributed by atoms with van der Waals surface area (Å²) < 4.78 is 5.66. The zero-order chi connectivity index (χ0) is 14.4. The van der Waals surface area contributed by atoms with Crippen LogP contribution in [-0.4, -0.2) is 53.2 Å². The van der Waals surface area contributed by atoms with Crippen LogP contribution in [0.15, 0.2) is 24.3 Å². The Hall–Kier alpha value is -0.910. The first kappa shape index (κ1) is 15.5. The third-order valence-electron chi connectivity index (χ3n) is 3.22. The Bertz CT molecular complexity index is 441. The number of carbonyl (C=O) groups is 1. The predicted octanol–water partition coefficient (Wildman–Crippen LogP) is 2.61. The molecule has 0 aliphatic carbocycles. The SMILES string of the molecule is O=C(O)CC1CSCCN1CCOc1ccc(Cl)cc1. The van der Waals surface area contributed by atoms with Crippen LogP contribution in [-0.2, 0) is 4.79 Å². The van der Waals surface area contributed by atoms with Gasteiger partial charge in [0.1, 0.15) is 12.4 Å². The van der Waals surface area contributed by atoms with Crippen molar-refractivity contribution in [1.82, 2.24) is 4.90 Å². The number of nitrogens with zero attached hydrogens (tertiary/aromatic N) is 1. The Morgan fingerprint density at radius 2 is 2.20 bits per heavy atom. The molecule has 20 heavy (non-hydrogen) atoms. The summed E-state index contributed by atoms with van der Waals surface area (Å²) in [5.41, 5.74) is 0. The molecule has 1 aromatic carbocycles. The quantitative estimate of drug-likeness (QED) is 0.874. The summed E-state index contributed by atoms with van der Waals surface area (Å²) in [5.74, 6) is 1.99. The molecule has 0 radical (unpaired) electrons. The van der Waals surface area contributed by atoms with Crippen molar-refractivity contribution in [2.24, 2.45) is 0 Å². The summed E-state index contributed by atoms with van der Waals surface area (Å²) >= 11 is 7.63. The van der Waals surface area contributed by atoms with Crippen LogP contribution in [0.3, 0.4) is 0 Å². The molecule has 1 saturated heterocycles. The summed E-state index contributed by atoms with van der Waals surface area (Å²) in [6, 6.07) is 7.37. The van der Waals surface area contributed by atoms with Crippen LogP contribution < -0.4 is 4.74 Å². The van der Waals surface area contributed by atoms with E-state index in [9.17, 15) is 4.79 Å². The van der Waals surface area contributed by atoms with E-state index in [1.165, 1.54) is 0 Å². The van der Waals surface area contributed by atoms with Gasteiger partial charge in [-0.1, -0.05) is 11.6 Å². The second-order valence-electron chi connectivity index (χ2n) is 4.66. The Kier molecular flexibility index (Phi) is 6.01. The van der Waals surface area contributed by atoms with Gasteiger partial charge in [-0.2, -0.15) is 11.8 Å². The molecule has 1 atom stereocenters. The normalized spacial score (nSPS) is 19.8. The highest BCUT2D eigenvalue weighted by Gasteiger charge is 2.24. The molecule has 0 spiro atoms. The molecule has 110 valence electrons. The summed E-state index contributed by atoms with van der Waals surface area (Å²) in [5, 5.41) is 9.62. The van der Waals surface area contributed by atoms with Crippen molar-refractivity contribution in [1.29, 1.82) is 0 Å². The first-order valence-electron chi connectivity index (χ1n) is 6.57. The van der Waals surface area contributed by atoms with Gasteiger partial charge < -0.3 is 9.84 Å². The van der Waals surface area contributed by atoms with Crippen molar-refractivity contribution < 1.29 is 14.6 Å². The zero-order valence-corrected chi connectivity index (χ0v) is 12.7. The van der Waals surface area contributed by atoms with E-state index in [-0.39, 0.29) is 12.5 Å². The van der Waals surface area contributed by atoms with Gasteiger partial charge in [-0.25, -0.2) is 0 Å². The van der Waals surface area contributed by atoms with Gasteiger partial charge in [0.15, 0.2) is 0 Å². The van der Waals surface area contributed by atoms with Gasteiger partial charge >= 0.3 is 5.97 Å². The average molecular weight is 316 g/mol. The number of halogens is 1. The number of carboxylic acid groups (broad SMARTS) is 1. The Balaban J connectivity index is 1.79. The summed E-state index contributed by atoms with van der Waals surface area (Å²) in [4.78, 5) is 13.1. The van der Waals surface area contributed by atoms with Gasteiger partial charge in [-0.15, -0.1) is 0 Å². The highest BCUT2D eigenvalue weighted by atomic mass is 35.5. The smallest absolute Gasteiger partial charge is 0.304 e. The van der Waals surface area contributed by atoms with E-state index in [2.05, 4.69) is 4.90 Å². The van der Waals surface area contributed by atoms with E-state index in [0.717, 1.165) is 30.3 Å². The molecule has 1 heterocycles. The number of hydrogen-bond donors (Lipinski definition) is 1. The molecule has 1 aliphatic heterocycles. The molecule has 0 bridgehead atoms. The van der Waals surface area contributed by atoms with Crippen LogP contribution in [0.4, 0.5) is 0 Å². The number of thioether (sulfide) groups is 1. The van der Waals surface area contributed by atoms with E-state index < -0.39 is 5.97 Å². The minimum Gasteiger partial charge on any atom is -0.492 e. The summed E-state index contributed by atoms with van der Waals surface area (Å²) in [6.45, 7) is 2.23. The molecule has 1 aliphatic rings. The fourth-order valence-corrected chi connectivity index (χ4v) is 3.44. The van der Waals surface area contributed by atoms with Crippen LogP contribution >= 0.6 is 23.4 Å². The second kappa shape index (κ2) is 7.76. The standard InChI is InChI=1S/C14H18ClNO3S/c15-11-1-3-13(4-2-11)19-7-5-16-6-8-20-10-12(16)9-14(17)18/h1-4,12H,5-10H2,(H,17,18). The largest absolute Gasteiger partial charge is 0.492 e. The molecule has 1 N–H and O–H groups in total. The van der Waals surface area contributed by atoms with Crippen LogP contribution in [0.5, 0.6) is 5.75 Å². The number of carboxylic acids is 1. The van der Waals surface area contributed by atoms with Gasteiger partial charge in [0, 0.05) is 35.7 Å². The van der Waals surface area contributed by atoms with E-state index in [1.54, 1.807) is 12.1 Å². The van der Waals surface area contributed by atoms with Gasteiger partial charge in [0.2, 0.25) is 0 Å². The van der Waals surface area contributed by atoms with Gasteiger partial charge in [-0.3, -0.25) is 9.69 Å². The Morgan fingerprint density at radius 3 is 2.90 bits per heavy atom. The topological polar surface area (TPSA) is 49.8 Å². The fourth-order valence-electron chi connectivity index (χ4n) is 2.18. The van der Waals surface area contributed by atoms with Crippen molar-refractivity contribution in [2.45, 2.75) is 12.5 Å². The fraction of sp³-hybridized carbons (Fsp3) is 0.500. The highest BCUT2D eigenvalue weighted by Crippen LogP contribution is 2.19. The molecular formula is C14H18ClNO3S.